The summed E-state index contributed by atoms with van der Waals surface area (Å²) >= 11 is 1.41. The summed E-state index contributed by atoms with van der Waals surface area (Å²) < 4.78 is 0. The van der Waals surface area contributed by atoms with Gasteiger partial charge in [0.15, 0.2) is 0 Å². The Labute approximate surface area is 204 Å². The quantitative estimate of drug-likeness (QED) is 0.527. The third-order valence-electron chi connectivity index (χ3n) is 6.41. The minimum absolute atomic E-state index is 0.0565. The number of aryl methyl sites for hydroxylation is 1. The molecule has 1 N–H and O–H groups in total. The molecule has 2 amide bonds. The van der Waals surface area contributed by atoms with Gasteiger partial charge in [-0.25, -0.2) is 4.98 Å². The highest BCUT2D eigenvalue weighted by molar-refractivity contribution is 7.99. The van der Waals surface area contributed by atoms with E-state index in [2.05, 4.69) is 41.4 Å². The summed E-state index contributed by atoms with van der Waals surface area (Å²) in [5.74, 6) is 0.394. The molecule has 5 rings (SSSR count). The van der Waals surface area contributed by atoms with E-state index < -0.39 is 0 Å². The molecule has 1 aliphatic heterocycles. The van der Waals surface area contributed by atoms with E-state index in [0.717, 1.165) is 56.5 Å². The third kappa shape index (κ3) is 5.59. The molecule has 0 atom stereocenters. The van der Waals surface area contributed by atoms with Gasteiger partial charge < -0.3 is 10.2 Å². The van der Waals surface area contributed by atoms with Gasteiger partial charge >= 0.3 is 0 Å². The molecule has 1 aliphatic carbocycles. The van der Waals surface area contributed by atoms with Crippen LogP contribution in [-0.2, 0) is 11.3 Å². The number of pyridine rings is 1. The number of para-hydroxylation sites is 1. The van der Waals surface area contributed by atoms with Crippen LogP contribution in [-0.4, -0.2) is 64.6 Å². The molecule has 2 fully saturated rings. The summed E-state index contributed by atoms with van der Waals surface area (Å²) in [6, 6.07) is 18.4. The molecule has 7 heteroatoms. The summed E-state index contributed by atoms with van der Waals surface area (Å²) in [4.78, 5) is 34.7. The number of rotatable bonds is 7. The lowest BCUT2D eigenvalue weighted by Crippen LogP contribution is -2.48. The number of carbonyl (C=O) groups is 2. The lowest BCUT2D eigenvalue weighted by Gasteiger charge is -2.34. The third-order valence-corrected chi connectivity index (χ3v) is 7.30. The molecule has 3 aromatic rings. The Kier molecular flexibility index (Phi) is 6.83. The van der Waals surface area contributed by atoms with Crippen molar-refractivity contribution < 1.29 is 9.59 Å². The van der Waals surface area contributed by atoms with E-state index in [-0.39, 0.29) is 11.8 Å². The van der Waals surface area contributed by atoms with Crippen LogP contribution in [0.25, 0.3) is 10.9 Å². The maximum absolute atomic E-state index is 12.9. The van der Waals surface area contributed by atoms with Crippen molar-refractivity contribution in [2.24, 2.45) is 0 Å². The zero-order valence-corrected chi connectivity index (χ0v) is 20.3. The molecule has 1 aromatic heterocycles. The zero-order chi connectivity index (χ0) is 23.5. The molecule has 176 valence electrons. The van der Waals surface area contributed by atoms with Crippen LogP contribution in [0.3, 0.4) is 0 Å². The van der Waals surface area contributed by atoms with Crippen LogP contribution in [0.4, 0.5) is 0 Å². The van der Waals surface area contributed by atoms with Crippen LogP contribution in [0, 0.1) is 6.92 Å². The highest BCUT2D eigenvalue weighted by Crippen LogP contribution is 2.26. The van der Waals surface area contributed by atoms with Crippen molar-refractivity contribution in [1.82, 2.24) is 20.1 Å². The normalized spacial score (nSPS) is 16.6. The molecular weight excluding hydrogens is 444 g/mol. The second kappa shape index (κ2) is 10.2. The molecule has 0 unspecified atom stereocenters. The second-order valence-electron chi connectivity index (χ2n) is 9.21. The van der Waals surface area contributed by atoms with E-state index in [1.807, 2.05) is 35.2 Å². The minimum Gasteiger partial charge on any atom is -0.349 e. The summed E-state index contributed by atoms with van der Waals surface area (Å²) in [7, 11) is 0. The molecule has 1 saturated carbocycles. The van der Waals surface area contributed by atoms with Gasteiger partial charge in [0.2, 0.25) is 5.91 Å². The SMILES string of the molecule is Cc1cccc(CN2CCN(C(=O)CSc3cc(C(=O)NC4CC4)c4ccccc4n3)CC2)c1. The van der Waals surface area contributed by atoms with Crippen LogP contribution in [0.2, 0.25) is 0 Å². The van der Waals surface area contributed by atoms with Crippen LogP contribution in [0.15, 0.2) is 59.6 Å². The number of carbonyl (C=O) groups excluding carboxylic acids is 2. The first-order valence-electron chi connectivity index (χ1n) is 11.9. The molecule has 1 saturated heterocycles. The zero-order valence-electron chi connectivity index (χ0n) is 19.5. The Morgan fingerprint density at radius 1 is 1.03 bits per heavy atom. The van der Waals surface area contributed by atoms with Gasteiger partial charge in [-0.3, -0.25) is 14.5 Å². The van der Waals surface area contributed by atoms with Crippen molar-refractivity contribution in [3.05, 3.63) is 71.3 Å². The summed E-state index contributed by atoms with van der Waals surface area (Å²) in [5, 5.41) is 4.64. The Bertz CT molecular complexity index is 1200. The number of thioether (sulfide) groups is 1. The van der Waals surface area contributed by atoms with E-state index in [1.54, 1.807) is 0 Å². The first kappa shape index (κ1) is 22.9. The van der Waals surface area contributed by atoms with Crippen molar-refractivity contribution in [2.45, 2.75) is 37.4 Å². The average molecular weight is 475 g/mol. The Balaban J connectivity index is 1.18. The van der Waals surface area contributed by atoms with Gasteiger partial charge in [-0.1, -0.05) is 59.8 Å². The molecule has 6 nitrogen and oxygen atoms in total. The Hall–Kier alpha value is -2.90. The van der Waals surface area contributed by atoms with Crippen molar-refractivity contribution in [1.29, 1.82) is 0 Å². The molecule has 0 bridgehead atoms. The maximum atomic E-state index is 12.9. The van der Waals surface area contributed by atoms with Gasteiger partial charge in [0.1, 0.15) is 0 Å². The number of benzene rings is 2. The fourth-order valence-corrected chi connectivity index (χ4v) is 5.17. The van der Waals surface area contributed by atoms with Gasteiger partial charge in [0.25, 0.3) is 5.91 Å². The molecule has 2 heterocycles. The molecular formula is C27H30N4O2S. The molecule has 2 aromatic carbocycles. The lowest BCUT2D eigenvalue weighted by molar-refractivity contribution is -0.130. The highest BCUT2D eigenvalue weighted by atomic mass is 32.2. The van der Waals surface area contributed by atoms with Gasteiger partial charge in [0, 0.05) is 44.2 Å². The second-order valence-corrected chi connectivity index (χ2v) is 10.2. The number of nitrogens with one attached hydrogen (secondary N) is 1. The topological polar surface area (TPSA) is 65.5 Å². The van der Waals surface area contributed by atoms with E-state index in [1.165, 1.54) is 22.9 Å². The van der Waals surface area contributed by atoms with Gasteiger partial charge in [-0.15, -0.1) is 0 Å². The highest BCUT2D eigenvalue weighted by Gasteiger charge is 2.25. The van der Waals surface area contributed by atoms with Crippen molar-refractivity contribution >= 4 is 34.5 Å². The minimum atomic E-state index is -0.0565. The number of fused-ring (bicyclic) bond motifs is 1. The predicted octanol–water partition coefficient (Wildman–Crippen LogP) is 3.87. The first-order chi connectivity index (χ1) is 16.5. The van der Waals surface area contributed by atoms with E-state index in [0.29, 0.717) is 22.4 Å². The molecule has 0 radical (unpaired) electrons. The number of hydrogen-bond acceptors (Lipinski definition) is 5. The molecule has 34 heavy (non-hydrogen) atoms. The van der Waals surface area contributed by atoms with E-state index >= 15 is 0 Å². The predicted molar refractivity (Wildman–Crippen MR) is 136 cm³/mol. The smallest absolute Gasteiger partial charge is 0.252 e. The van der Waals surface area contributed by atoms with Gasteiger partial charge in [-0.2, -0.15) is 0 Å². The number of nitrogens with zero attached hydrogens (tertiary/aromatic N) is 3. The van der Waals surface area contributed by atoms with Crippen molar-refractivity contribution in [2.75, 3.05) is 31.9 Å². The maximum Gasteiger partial charge on any atom is 0.252 e. The Morgan fingerprint density at radius 2 is 1.82 bits per heavy atom. The van der Waals surface area contributed by atoms with E-state index in [9.17, 15) is 9.59 Å². The number of amides is 2. The largest absolute Gasteiger partial charge is 0.349 e. The lowest BCUT2D eigenvalue weighted by atomic mass is 10.1. The monoisotopic (exact) mass is 474 g/mol. The molecule has 2 aliphatic rings. The van der Waals surface area contributed by atoms with Crippen LogP contribution < -0.4 is 5.32 Å². The van der Waals surface area contributed by atoms with Crippen molar-refractivity contribution in [3.63, 3.8) is 0 Å². The number of hydrogen-bond donors (Lipinski definition) is 1. The van der Waals surface area contributed by atoms with Crippen molar-refractivity contribution in [3.8, 4) is 0 Å². The van der Waals surface area contributed by atoms with Crippen LogP contribution in [0.5, 0.6) is 0 Å². The Morgan fingerprint density at radius 3 is 2.59 bits per heavy atom. The standard InChI is InChI=1S/C27H30N4O2S/c1-19-5-4-6-20(15-19)17-30-11-13-31(14-12-30)26(32)18-34-25-16-23(27(33)28-21-9-10-21)22-7-2-3-8-24(22)29-25/h2-8,15-16,21H,9-14,17-18H2,1H3,(H,28,33). The molecule has 0 spiro atoms. The van der Waals surface area contributed by atoms with Gasteiger partial charge in [0.05, 0.1) is 21.9 Å². The van der Waals surface area contributed by atoms with Gasteiger partial charge in [-0.05, 0) is 37.5 Å². The first-order valence-corrected chi connectivity index (χ1v) is 12.9. The average Bonchev–Trinajstić information content (AvgIpc) is 3.66. The summed E-state index contributed by atoms with van der Waals surface area (Å²) in [5.41, 5.74) is 4.01. The van der Waals surface area contributed by atoms with Crippen LogP contribution in [0.1, 0.15) is 34.3 Å². The summed E-state index contributed by atoms with van der Waals surface area (Å²) in [6.45, 7) is 6.28. The van der Waals surface area contributed by atoms with Crippen LogP contribution >= 0.6 is 11.8 Å². The number of aromatic nitrogens is 1. The fraction of sp³-hybridized carbons (Fsp3) is 0.370. The summed E-state index contributed by atoms with van der Waals surface area (Å²) in [6.07, 6.45) is 2.09. The fourth-order valence-electron chi connectivity index (χ4n) is 4.35. The van der Waals surface area contributed by atoms with E-state index in [4.69, 9.17) is 4.98 Å². The number of piperazine rings is 1.